The van der Waals surface area contributed by atoms with Crippen molar-refractivity contribution in [2.45, 2.75) is 13.8 Å². The topological polar surface area (TPSA) is 70.5 Å². The van der Waals surface area contributed by atoms with Crippen LogP contribution in [-0.2, 0) is 4.74 Å². The standard InChI is InChI=1S/C15H16N2O4/c1-9-10(2)16-15(17-13(9)19-3)21-12-8-6-5-7-11(12)14(18)20-4/h5-8H,1-4H3. The van der Waals surface area contributed by atoms with Crippen LogP contribution in [0.1, 0.15) is 21.6 Å². The van der Waals surface area contributed by atoms with E-state index in [9.17, 15) is 4.79 Å². The number of hydrogen-bond donors (Lipinski definition) is 0. The van der Waals surface area contributed by atoms with Gasteiger partial charge in [0.05, 0.1) is 19.9 Å². The molecule has 0 amide bonds. The summed E-state index contributed by atoms with van der Waals surface area (Å²) in [6, 6.07) is 6.85. The summed E-state index contributed by atoms with van der Waals surface area (Å²) in [4.78, 5) is 20.1. The first-order chi connectivity index (χ1) is 10.1. The van der Waals surface area contributed by atoms with Crippen LogP contribution in [0, 0.1) is 13.8 Å². The van der Waals surface area contributed by atoms with Gasteiger partial charge in [-0.05, 0) is 26.0 Å². The minimum atomic E-state index is -0.485. The van der Waals surface area contributed by atoms with Gasteiger partial charge >= 0.3 is 12.0 Å². The van der Waals surface area contributed by atoms with Crippen LogP contribution in [0.5, 0.6) is 17.6 Å². The predicted molar refractivity (Wildman–Crippen MR) is 75.9 cm³/mol. The van der Waals surface area contributed by atoms with Crippen LogP contribution in [0.2, 0.25) is 0 Å². The van der Waals surface area contributed by atoms with E-state index in [0.717, 1.165) is 11.3 Å². The molecule has 0 unspecified atom stereocenters. The van der Waals surface area contributed by atoms with Gasteiger partial charge in [-0.2, -0.15) is 9.97 Å². The van der Waals surface area contributed by atoms with Gasteiger partial charge in [0.15, 0.2) is 0 Å². The molecule has 0 aliphatic rings. The molecule has 0 bridgehead atoms. The van der Waals surface area contributed by atoms with Crippen molar-refractivity contribution in [3.63, 3.8) is 0 Å². The zero-order valence-electron chi connectivity index (χ0n) is 12.3. The maximum Gasteiger partial charge on any atom is 0.341 e. The second kappa shape index (κ2) is 6.21. The summed E-state index contributed by atoms with van der Waals surface area (Å²) < 4.78 is 15.5. The van der Waals surface area contributed by atoms with E-state index >= 15 is 0 Å². The molecule has 110 valence electrons. The summed E-state index contributed by atoms with van der Waals surface area (Å²) in [7, 11) is 2.84. The third-order valence-electron chi connectivity index (χ3n) is 3.01. The SMILES string of the molecule is COC(=O)c1ccccc1Oc1nc(C)c(C)c(OC)n1. The molecular formula is C15H16N2O4. The molecule has 0 atom stereocenters. The fourth-order valence-corrected chi connectivity index (χ4v) is 1.75. The smallest absolute Gasteiger partial charge is 0.341 e. The lowest BCUT2D eigenvalue weighted by Crippen LogP contribution is -2.05. The van der Waals surface area contributed by atoms with Crippen molar-refractivity contribution in [2.75, 3.05) is 14.2 Å². The first-order valence-corrected chi connectivity index (χ1v) is 6.31. The van der Waals surface area contributed by atoms with Crippen LogP contribution in [0.3, 0.4) is 0 Å². The molecule has 1 aromatic carbocycles. The number of benzene rings is 1. The summed E-state index contributed by atoms with van der Waals surface area (Å²) in [5.74, 6) is 0.282. The molecule has 6 heteroatoms. The van der Waals surface area contributed by atoms with Gasteiger partial charge in [0.25, 0.3) is 0 Å². The van der Waals surface area contributed by atoms with Crippen LogP contribution in [0.25, 0.3) is 0 Å². The number of nitrogens with zero attached hydrogens (tertiary/aromatic N) is 2. The second-order valence-electron chi connectivity index (χ2n) is 4.32. The first kappa shape index (κ1) is 14.8. The second-order valence-corrected chi connectivity index (χ2v) is 4.32. The molecule has 6 nitrogen and oxygen atoms in total. The molecule has 1 heterocycles. The number of rotatable bonds is 4. The molecule has 0 radical (unpaired) electrons. The zero-order valence-corrected chi connectivity index (χ0v) is 12.3. The summed E-state index contributed by atoms with van der Waals surface area (Å²) in [5.41, 5.74) is 1.89. The summed E-state index contributed by atoms with van der Waals surface area (Å²) in [6.45, 7) is 3.69. The fraction of sp³-hybridized carbons (Fsp3) is 0.267. The van der Waals surface area contributed by atoms with Gasteiger partial charge in [0.2, 0.25) is 5.88 Å². The third kappa shape index (κ3) is 3.10. The lowest BCUT2D eigenvalue weighted by Gasteiger charge is -2.11. The first-order valence-electron chi connectivity index (χ1n) is 6.31. The normalized spacial score (nSPS) is 10.1. The molecular weight excluding hydrogens is 272 g/mol. The zero-order chi connectivity index (χ0) is 15.4. The van der Waals surface area contributed by atoms with Crippen molar-refractivity contribution < 1.29 is 19.0 Å². The largest absolute Gasteiger partial charge is 0.481 e. The quantitative estimate of drug-likeness (QED) is 0.805. The van der Waals surface area contributed by atoms with Crippen molar-refractivity contribution in [3.05, 3.63) is 41.1 Å². The summed E-state index contributed by atoms with van der Waals surface area (Å²) in [6.07, 6.45) is 0. The number of hydrogen-bond acceptors (Lipinski definition) is 6. The van der Waals surface area contributed by atoms with E-state index in [1.807, 2.05) is 13.8 Å². The number of para-hydroxylation sites is 1. The molecule has 0 spiro atoms. The number of aryl methyl sites for hydroxylation is 1. The van der Waals surface area contributed by atoms with Crippen molar-refractivity contribution >= 4 is 5.97 Å². The molecule has 0 aliphatic carbocycles. The van der Waals surface area contributed by atoms with Gasteiger partial charge in [-0.1, -0.05) is 12.1 Å². The molecule has 2 aromatic rings. The lowest BCUT2D eigenvalue weighted by atomic mass is 10.2. The van der Waals surface area contributed by atoms with Crippen LogP contribution in [0.4, 0.5) is 0 Å². The molecule has 0 saturated carbocycles. The Morgan fingerprint density at radius 1 is 1.10 bits per heavy atom. The van der Waals surface area contributed by atoms with E-state index in [1.54, 1.807) is 24.3 Å². The Labute approximate surface area is 122 Å². The van der Waals surface area contributed by atoms with Crippen molar-refractivity contribution in [3.8, 4) is 17.6 Å². The highest BCUT2D eigenvalue weighted by molar-refractivity contribution is 5.92. The maximum atomic E-state index is 11.7. The van der Waals surface area contributed by atoms with E-state index in [0.29, 0.717) is 17.2 Å². The van der Waals surface area contributed by atoms with E-state index in [1.165, 1.54) is 14.2 Å². The molecule has 0 aliphatic heterocycles. The number of esters is 1. The van der Waals surface area contributed by atoms with E-state index in [2.05, 4.69) is 9.97 Å². The van der Waals surface area contributed by atoms with Gasteiger partial charge in [0, 0.05) is 5.56 Å². The lowest BCUT2D eigenvalue weighted by molar-refractivity contribution is 0.0597. The van der Waals surface area contributed by atoms with E-state index in [4.69, 9.17) is 14.2 Å². The highest BCUT2D eigenvalue weighted by atomic mass is 16.5. The Bertz CT molecular complexity index is 671. The average Bonchev–Trinajstić information content (AvgIpc) is 2.50. The monoisotopic (exact) mass is 288 g/mol. The van der Waals surface area contributed by atoms with Crippen molar-refractivity contribution in [1.29, 1.82) is 0 Å². The Hall–Kier alpha value is -2.63. The molecule has 21 heavy (non-hydrogen) atoms. The molecule has 0 N–H and O–H groups in total. The fourth-order valence-electron chi connectivity index (χ4n) is 1.75. The highest BCUT2D eigenvalue weighted by Gasteiger charge is 2.15. The highest BCUT2D eigenvalue weighted by Crippen LogP contribution is 2.26. The van der Waals surface area contributed by atoms with Crippen LogP contribution in [-0.4, -0.2) is 30.2 Å². The Morgan fingerprint density at radius 2 is 1.81 bits per heavy atom. The van der Waals surface area contributed by atoms with Gasteiger partial charge in [0.1, 0.15) is 11.3 Å². The number of aromatic nitrogens is 2. The molecule has 0 saturated heterocycles. The van der Waals surface area contributed by atoms with Gasteiger partial charge in [-0.15, -0.1) is 0 Å². The van der Waals surface area contributed by atoms with Crippen LogP contribution >= 0.6 is 0 Å². The average molecular weight is 288 g/mol. The van der Waals surface area contributed by atoms with Gasteiger partial charge in [-0.25, -0.2) is 4.79 Å². The Balaban J connectivity index is 2.39. The van der Waals surface area contributed by atoms with Gasteiger partial charge < -0.3 is 14.2 Å². The summed E-state index contributed by atoms with van der Waals surface area (Å²) >= 11 is 0. The van der Waals surface area contributed by atoms with E-state index < -0.39 is 5.97 Å². The minimum Gasteiger partial charge on any atom is -0.481 e. The molecule has 2 rings (SSSR count). The number of carbonyl (C=O) groups is 1. The van der Waals surface area contributed by atoms with E-state index in [-0.39, 0.29) is 6.01 Å². The van der Waals surface area contributed by atoms with Crippen LogP contribution in [0.15, 0.2) is 24.3 Å². The van der Waals surface area contributed by atoms with Crippen LogP contribution < -0.4 is 9.47 Å². The molecule has 1 aromatic heterocycles. The number of methoxy groups -OCH3 is 2. The Morgan fingerprint density at radius 3 is 2.48 bits per heavy atom. The van der Waals surface area contributed by atoms with Crippen molar-refractivity contribution in [1.82, 2.24) is 9.97 Å². The van der Waals surface area contributed by atoms with Crippen molar-refractivity contribution in [2.24, 2.45) is 0 Å². The predicted octanol–water partition coefficient (Wildman–Crippen LogP) is 2.68. The molecule has 0 fully saturated rings. The number of carbonyl (C=O) groups excluding carboxylic acids is 1. The number of ether oxygens (including phenoxy) is 3. The Kier molecular flexibility index (Phi) is 4.37. The maximum absolute atomic E-state index is 11.7. The summed E-state index contributed by atoms with van der Waals surface area (Å²) in [5, 5.41) is 0. The van der Waals surface area contributed by atoms with Gasteiger partial charge in [-0.3, -0.25) is 0 Å². The minimum absolute atomic E-state index is 0.117. The third-order valence-corrected chi connectivity index (χ3v) is 3.01.